The van der Waals surface area contributed by atoms with E-state index in [0.29, 0.717) is 5.02 Å². The minimum atomic E-state index is -4.08. The summed E-state index contributed by atoms with van der Waals surface area (Å²) in [5, 5.41) is 0.327. The van der Waals surface area contributed by atoms with Gasteiger partial charge in [-0.15, -0.1) is 4.83 Å². The minimum Gasteiger partial charge on any atom is -0.277 e. The number of hydrogen-bond acceptors (Lipinski definition) is 5. The van der Waals surface area contributed by atoms with E-state index in [1.54, 1.807) is 4.83 Å². The van der Waals surface area contributed by atoms with E-state index in [0.717, 1.165) is 24.3 Å². The number of carbonyl (C=O) groups is 1. The van der Waals surface area contributed by atoms with E-state index in [9.17, 15) is 26.0 Å². The fourth-order valence-electron chi connectivity index (χ4n) is 1.73. The molecule has 0 bridgehead atoms. The molecular weight excluding hydrogens is 395 g/mol. The van der Waals surface area contributed by atoms with Gasteiger partial charge < -0.3 is 0 Å². The summed E-state index contributed by atoms with van der Waals surface area (Å²) in [6.07, 6.45) is 0. The first-order valence-electron chi connectivity index (χ1n) is 6.65. The van der Waals surface area contributed by atoms with Crippen molar-refractivity contribution in [3.05, 3.63) is 59.4 Å². The zero-order chi connectivity index (χ0) is 18.7. The molecule has 0 fully saturated rings. The van der Waals surface area contributed by atoms with Crippen LogP contribution in [-0.2, 0) is 24.7 Å². The molecule has 1 amide bonds. The van der Waals surface area contributed by atoms with Crippen molar-refractivity contribution in [3.8, 4) is 0 Å². The second-order valence-electron chi connectivity index (χ2n) is 4.82. The molecule has 0 saturated heterocycles. The Bertz CT molecular complexity index is 975. The average molecular weight is 407 g/mol. The van der Waals surface area contributed by atoms with Gasteiger partial charge in [0.25, 0.3) is 15.9 Å². The maximum absolute atomic E-state index is 12.8. The van der Waals surface area contributed by atoms with Gasteiger partial charge in [0.1, 0.15) is 11.6 Å². The lowest BCUT2D eigenvalue weighted by Crippen LogP contribution is -2.44. The molecule has 0 aliphatic heterocycles. The van der Waals surface area contributed by atoms with Gasteiger partial charge in [0.05, 0.1) is 9.79 Å². The SMILES string of the molecule is O=C(CS(=O)(=O)c1ccc(F)cc1)NNS(=O)(=O)c1ccc(Cl)cc1. The Hall–Kier alpha value is -2.01. The Balaban J connectivity index is 2.02. The van der Waals surface area contributed by atoms with Crippen molar-refractivity contribution in [3.63, 3.8) is 0 Å². The van der Waals surface area contributed by atoms with E-state index < -0.39 is 37.3 Å². The van der Waals surface area contributed by atoms with Crippen molar-refractivity contribution in [2.75, 3.05) is 5.75 Å². The lowest BCUT2D eigenvalue weighted by molar-refractivity contribution is -0.119. The fraction of sp³-hybridized carbons (Fsp3) is 0.0714. The first-order valence-corrected chi connectivity index (χ1v) is 10.2. The number of hydrazine groups is 1. The standard InChI is InChI=1S/C14H12ClFN2O5S2/c15-10-1-5-13(6-2-10)25(22,23)18-17-14(19)9-24(20,21)12-7-3-11(16)4-8-12/h1-8,18H,9H2,(H,17,19). The molecule has 2 rings (SSSR count). The predicted octanol–water partition coefficient (Wildman–Crippen LogP) is 1.26. The van der Waals surface area contributed by atoms with E-state index in [1.165, 1.54) is 24.3 Å². The summed E-state index contributed by atoms with van der Waals surface area (Å²) in [6, 6.07) is 9.01. The smallest absolute Gasteiger partial charge is 0.257 e. The van der Waals surface area contributed by atoms with Crippen LogP contribution < -0.4 is 10.3 Å². The molecule has 2 N–H and O–H groups in total. The number of rotatable bonds is 6. The van der Waals surface area contributed by atoms with Gasteiger partial charge in [0, 0.05) is 5.02 Å². The molecular formula is C14H12ClFN2O5S2. The van der Waals surface area contributed by atoms with E-state index in [4.69, 9.17) is 11.6 Å². The highest BCUT2D eigenvalue weighted by Crippen LogP contribution is 2.14. The molecule has 0 radical (unpaired) electrons. The molecule has 0 saturated carbocycles. The number of nitrogens with one attached hydrogen (secondary N) is 2. The third kappa shape index (κ3) is 5.23. The van der Waals surface area contributed by atoms with Gasteiger partial charge in [-0.25, -0.2) is 21.2 Å². The van der Waals surface area contributed by atoms with Gasteiger partial charge >= 0.3 is 0 Å². The van der Waals surface area contributed by atoms with Gasteiger partial charge in [-0.2, -0.15) is 0 Å². The molecule has 2 aromatic rings. The van der Waals surface area contributed by atoms with Crippen LogP contribution >= 0.6 is 11.6 Å². The maximum Gasteiger partial charge on any atom is 0.257 e. The zero-order valence-corrected chi connectivity index (χ0v) is 14.8. The van der Waals surface area contributed by atoms with E-state index in [1.807, 2.05) is 5.43 Å². The molecule has 0 heterocycles. The molecule has 0 aliphatic rings. The van der Waals surface area contributed by atoms with Crippen LogP contribution in [0, 0.1) is 5.82 Å². The van der Waals surface area contributed by atoms with Crippen molar-refractivity contribution in [2.24, 2.45) is 0 Å². The van der Waals surface area contributed by atoms with Gasteiger partial charge in [-0.3, -0.25) is 10.2 Å². The average Bonchev–Trinajstić information content (AvgIpc) is 2.53. The molecule has 0 unspecified atom stereocenters. The first kappa shape index (κ1) is 19.3. The van der Waals surface area contributed by atoms with Crippen molar-refractivity contribution < 1.29 is 26.0 Å². The lowest BCUT2D eigenvalue weighted by Gasteiger charge is -2.09. The van der Waals surface area contributed by atoms with E-state index >= 15 is 0 Å². The molecule has 134 valence electrons. The monoisotopic (exact) mass is 406 g/mol. The highest BCUT2D eigenvalue weighted by atomic mass is 35.5. The molecule has 25 heavy (non-hydrogen) atoms. The third-order valence-corrected chi connectivity index (χ3v) is 6.09. The largest absolute Gasteiger partial charge is 0.277 e. The van der Waals surface area contributed by atoms with Crippen LogP contribution in [0.1, 0.15) is 0 Å². The quantitative estimate of drug-likeness (QED) is 0.554. The van der Waals surface area contributed by atoms with Gasteiger partial charge in [0.2, 0.25) is 0 Å². The van der Waals surface area contributed by atoms with E-state index in [-0.39, 0.29) is 9.79 Å². The number of sulfone groups is 1. The second kappa shape index (κ2) is 7.48. The zero-order valence-electron chi connectivity index (χ0n) is 12.4. The Kier molecular flexibility index (Phi) is 5.78. The van der Waals surface area contributed by atoms with Crippen LogP contribution in [0.3, 0.4) is 0 Å². The third-order valence-electron chi connectivity index (χ3n) is 2.94. The Morgan fingerprint density at radius 3 is 2.00 bits per heavy atom. The Morgan fingerprint density at radius 1 is 0.920 bits per heavy atom. The molecule has 0 aromatic heterocycles. The number of benzene rings is 2. The van der Waals surface area contributed by atoms with Crippen molar-refractivity contribution in [2.45, 2.75) is 9.79 Å². The van der Waals surface area contributed by atoms with Crippen LogP contribution in [0.4, 0.5) is 4.39 Å². The number of amides is 1. The Morgan fingerprint density at radius 2 is 1.44 bits per heavy atom. The van der Waals surface area contributed by atoms with Crippen LogP contribution in [-0.4, -0.2) is 28.5 Å². The number of carbonyl (C=O) groups excluding carboxylic acids is 1. The van der Waals surface area contributed by atoms with Gasteiger partial charge in [-0.1, -0.05) is 11.6 Å². The number of hydrogen-bond donors (Lipinski definition) is 2. The van der Waals surface area contributed by atoms with Crippen molar-refractivity contribution in [1.82, 2.24) is 10.3 Å². The van der Waals surface area contributed by atoms with Gasteiger partial charge in [-0.05, 0) is 48.5 Å². The normalized spacial score (nSPS) is 11.9. The predicted molar refractivity (Wildman–Crippen MR) is 88.4 cm³/mol. The van der Waals surface area contributed by atoms with Crippen molar-refractivity contribution >= 4 is 37.4 Å². The van der Waals surface area contributed by atoms with Crippen LogP contribution in [0.25, 0.3) is 0 Å². The number of sulfonamides is 1. The number of halogens is 2. The molecule has 11 heteroatoms. The highest BCUT2D eigenvalue weighted by molar-refractivity contribution is 7.92. The summed E-state index contributed by atoms with van der Waals surface area (Å²) in [6.45, 7) is 0. The lowest BCUT2D eigenvalue weighted by atomic mass is 10.4. The first-order chi connectivity index (χ1) is 11.6. The Labute approximate surface area is 148 Å². The molecule has 7 nitrogen and oxygen atoms in total. The molecule has 0 aliphatic carbocycles. The molecule has 2 aromatic carbocycles. The summed E-state index contributed by atoms with van der Waals surface area (Å²) < 4.78 is 60.8. The maximum atomic E-state index is 12.8. The summed E-state index contributed by atoms with van der Waals surface area (Å²) in [4.78, 5) is 13.1. The summed E-state index contributed by atoms with van der Waals surface area (Å²) >= 11 is 5.65. The van der Waals surface area contributed by atoms with Gasteiger partial charge in [0.15, 0.2) is 9.84 Å². The highest BCUT2D eigenvalue weighted by Gasteiger charge is 2.21. The summed E-state index contributed by atoms with van der Waals surface area (Å²) in [5.41, 5.74) is 1.81. The molecule has 0 spiro atoms. The summed E-state index contributed by atoms with van der Waals surface area (Å²) in [5.74, 6) is -2.73. The van der Waals surface area contributed by atoms with Crippen LogP contribution in [0.2, 0.25) is 5.02 Å². The summed E-state index contributed by atoms with van der Waals surface area (Å²) in [7, 11) is -8.13. The second-order valence-corrected chi connectivity index (χ2v) is 8.93. The van der Waals surface area contributed by atoms with E-state index in [2.05, 4.69) is 0 Å². The minimum absolute atomic E-state index is 0.168. The topological polar surface area (TPSA) is 109 Å². The van der Waals surface area contributed by atoms with Crippen LogP contribution in [0.5, 0.6) is 0 Å². The fourth-order valence-corrected chi connectivity index (χ4v) is 3.85. The van der Waals surface area contributed by atoms with Crippen LogP contribution in [0.15, 0.2) is 58.3 Å². The van der Waals surface area contributed by atoms with Crippen molar-refractivity contribution in [1.29, 1.82) is 0 Å². The molecule has 0 atom stereocenters.